The predicted molar refractivity (Wildman–Crippen MR) is 53.7 cm³/mol. The highest BCUT2D eigenvalue weighted by molar-refractivity contribution is 6.30. The summed E-state index contributed by atoms with van der Waals surface area (Å²) in [4.78, 5) is 0. The van der Waals surface area contributed by atoms with E-state index in [1.54, 1.807) is 24.3 Å². The van der Waals surface area contributed by atoms with E-state index in [9.17, 15) is 4.39 Å². The minimum atomic E-state index is -0.457. The lowest BCUT2D eigenvalue weighted by Gasteiger charge is -2.05. The van der Waals surface area contributed by atoms with Gasteiger partial charge in [-0.1, -0.05) is 11.6 Å². The molecule has 0 aliphatic rings. The van der Waals surface area contributed by atoms with Gasteiger partial charge in [-0.05, 0) is 24.3 Å². The zero-order valence-electron chi connectivity index (χ0n) is 7.71. The van der Waals surface area contributed by atoms with E-state index in [0.717, 1.165) is 5.75 Å². The Morgan fingerprint density at radius 1 is 1.07 bits per heavy atom. The Kier molecular flexibility index (Phi) is 5.33. The maximum atomic E-state index is 11.6. The Balaban J connectivity index is 2.15. The van der Waals surface area contributed by atoms with E-state index in [1.165, 1.54) is 0 Å². The van der Waals surface area contributed by atoms with Gasteiger partial charge in [-0.25, -0.2) is 4.39 Å². The van der Waals surface area contributed by atoms with Crippen molar-refractivity contribution in [2.24, 2.45) is 0 Å². The lowest BCUT2D eigenvalue weighted by Crippen LogP contribution is -2.07. The standard InChI is InChI=1S/C10H12ClFO2/c11-9-1-3-10(4-2-9)14-8-7-13-6-5-12/h1-4H,5-8H2/i12-1. The fourth-order valence-electron chi connectivity index (χ4n) is 0.906. The number of benzene rings is 1. The third kappa shape index (κ3) is 4.44. The van der Waals surface area contributed by atoms with Crippen molar-refractivity contribution in [3.8, 4) is 5.75 Å². The molecule has 0 N–H and O–H groups in total. The van der Waals surface area contributed by atoms with Crippen molar-refractivity contribution >= 4 is 11.6 Å². The largest absolute Gasteiger partial charge is 0.491 e. The van der Waals surface area contributed by atoms with Gasteiger partial charge in [0.2, 0.25) is 0 Å². The Bertz CT molecular complexity index is 251. The molecule has 14 heavy (non-hydrogen) atoms. The second-order valence-electron chi connectivity index (χ2n) is 2.60. The molecule has 4 heteroatoms. The average Bonchev–Trinajstić information content (AvgIpc) is 2.21. The van der Waals surface area contributed by atoms with Gasteiger partial charge in [-0.2, -0.15) is 0 Å². The number of rotatable bonds is 6. The molecule has 0 amide bonds. The summed E-state index contributed by atoms with van der Waals surface area (Å²) in [6.07, 6.45) is 0. The third-order valence-electron chi connectivity index (χ3n) is 1.53. The van der Waals surface area contributed by atoms with Gasteiger partial charge in [0.25, 0.3) is 0 Å². The summed E-state index contributed by atoms with van der Waals surface area (Å²) in [7, 11) is 0. The highest BCUT2D eigenvalue weighted by Crippen LogP contribution is 2.15. The number of alkyl halides is 1. The van der Waals surface area contributed by atoms with E-state index in [-0.39, 0.29) is 6.61 Å². The molecule has 0 aliphatic heterocycles. The van der Waals surface area contributed by atoms with Crippen molar-refractivity contribution in [2.45, 2.75) is 0 Å². The Labute approximate surface area is 87.6 Å². The van der Waals surface area contributed by atoms with Crippen LogP contribution in [0.5, 0.6) is 5.75 Å². The van der Waals surface area contributed by atoms with Gasteiger partial charge >= 0.3 is 0 Å². The summed E-state index contributed by atoms with van der Waals surface area (Å²) in [5.74, 6) is 0.734. The number of halogens is 2. The first-order valence-corrected chi connectivity index (χ1v) is 4.73. The van der Waals surface area contributed by atoms with Crippen LogP contribution >= 0.6 is 11.6 Å². The van der Waals surface area contributed by atoms with Crippen LogP contribution in [0.4, 0.5) is 4.39 Å². The summed E-state index contributed by atoms with van der Waals surface area (Å²) >= 11 is 5.69. The van der Waals surface area contributed by atoms with Crippen LogP contribution in [0, 0.1) is 0 Å². The van der Waals surface area contributed by atoms with E-state index in [2.05, 4.69) is 0 Å². The quantitative estimate of drug-likeness (QED) is 0.683. The number of hydrogen-bond donors (Lipinski definition) is 0. The number of hydrogen-bond acceptors (Lipinski definition) is 2. The minimum Gasteiger partial charge on any atom is -0.491 e. The summed E-state index contributed by atoms with van der Waals surface area (Å²) in [5.41, 5.74) is 0. The zero-order chi connectivity index (χ0) is 10.2. The summed E-state index contributed by atoms with van der Waals surface area (Å²) in [6, 6.07) is 7.05. The first-order chi connectivity index (χ1) is 6.83. The molecule has 0 aliphatic carbocycles. The fraction of sp³-hybridized carbons (Fsp3) is 0.400. The molecule has 0 heterocycles. The zero-order valence-corrected chi connectivity index (χ0v) is 8.47. The second-order valence-corrected chi connectivity index (χ2v) is 3.04. The van der Waals surface area contributed by atoms with Crippen molar-refractivity contribution in [1.82, 2.24) is 0 Å². The van der Waals surface area contributed by atoms with Gasteiger partial charge in [0, 0.05) is 5.02 Å². The van der Waals surface area contributed by atoms with Crippen LogP contribution in [0.25, 0.3) is 0 Å². The topological polar surface area (TPSA) is 18.5 Å². The van der Waals surface area contributed by atoms with Crippen LogP contribution in [-0.4, -0.2) is 26.5 Å². The molecule has 0 saturated carbocycles. The lowest BCUT2D eigenvalue weighted by atomic mass is 10.3. The van der Waals surface area contributed by atoms with Gasteiger partial charge in [0.1, 0.15) is 19.0 Å². The van der Waals surface area contributed by atoms with Crippen molar-refractivity contribution in [2.75, 3.05) is 26.5 Å². The van der Waals surface area contributed by atoms with E-state index in [0.29, 0.717) is 18.2 Å². The first-order valence-electron chi connectivity index (χ1n) is 4.35. The molecule has 78 valence electrons. The molecule has 0 saturated heterocycles. The number of ether oxygens (including phenoxy) is 2. The van der Waals surface area contributed by atoms with Crippen LogP contribution in [0.3, 0.4) is 0 Å². The summed E-state index contributed by atoms with van der Waals surface area (Å²) < 4.78 is 21.8. The summed E-state index contributed by atoms with van der Waals surface area (Å²) in [5, 5.41) is 0.672. The maximum absolute atomic E-state index is 11.6. The van der Waals surface area contributed by atoms with E-state index in [1.807, 2.05) is 0 Å². The highest BCUT2D eigenvalue weighted by atomic mass is 35.5. The maximum Gasteiger partial charge on any atom is 0.119 e. The fourth-order valence-corrected chi connectivity index (χ4v) is 1.03. The summed E-state index contributed by atoms with van der Waals surface area (Å²) in [6.45, 7) is 0.485. The van der Waals surface area contributed by atoms with Gasteiger partial charge in [0.05, 0.1) is 13.2 Å². The molecule has 1 aromatic rings. The molecule has 1 aromatic carbocycles. The van der Waals surface area contributed by atoms with Crippen LogP contribution in [0.1, 0.15) is 0 Å². The molecule has 0 spiro atoms. The van der Waals surface area contributed by atoms with Crippen LogP contribution in [0.2, 0.25) is 5.02 Å². The monoisotopic (exact) mass is 217 g/mol. The van der Waals surface area contributed by atoms with Crippen LogP contribution < -0.4 is 4.74 Å². The van der Waals surface area contributed by atoms with Crippen LogP contribution in [0.15, 0.2) is 24.3 Å². The first kappa shape index (κ1) is 11.3. The second kappa shape index (κ2) is 6.62. The molecule has 0 atom stereocenters. The van der Waals surface area contributed by atoms with Gasteiger partial charge < -0.3 is 9.47 Å². The third-order valence-corrected chi connectivity index (χ3v) is 1.78. The van der Waals surface area contributed by atoms with E-state index < -0.39 is 6.67 Å². The van der Waals surface area contributed by atoms with Gasteiger partial charge in [0.15, 0.2) is 0 Å². The van der Waals surface area contributed by atoms with Crippen molar-refractivity contribution < 1.29 is 13.9 Å². The van der Waals surface area contributed by atoms with Crippen molar-refractivity contribution in [3.63, 3.8) is 0 Å². The molecule has 0 unspecified atom stereocenters. The molecule has 0 aromatic heterocycles. The smallest absolute Gasteiger partial charge is 0.119 e. The Morgan fingerprint density at radius 3 is 2.43 bits per heavy atom. The predicted octanol–water partition coefficient (Wildman–Crippen LogP) is 2.70. The molecule has 0 radical (unpaired) electrons. The van der Waals surface area contributed by atoms with Crippen molar-refractivity contribution in [1.29, 1.82) is 0 Å². The Hall–Kier alpha value is -0.800. The van der Waals surface area contributed by atoms with E-state index in [4.69, 9.17) is 21.1 Å². The molecule has 0 fully saturated rings. The normalized spacial score (nSPS) is 10.1. The van der Waals surface area contributed by atoms with Gasteiger partial charge in [-0.15, -0.1) is 0 Å². The van der Waals surface area contributed by atoms with Crippen LogP contribution in [-0.2, 0) is 4.74 Å². The Morgan fingerprint density at radius 2 is 1.79 bits per heavy atom. The minimum absolute atomic E-state index is 0.129. The van der Waals surface area contributed by atoms with Crippen molar-refractivity contribution in [3.05, 3.63) is 29.3 Å². The highest BCUT2D eigenvalue weighted by Gasteiger charge is 1.93. The molecule has 2 nitrogen and oxygen atoms in total. The van der Waals surface area contributed by atoms with Gasteiger partial charge in [-0.3, -0.25) is 0 Å². The molecule has 1 rings (SSSR count). The SMILES string of the molecule is [18F]CCOCCOc1ccc(Cl)cc1. The molecular formula is C10H12ClFO2. The molecule has 0 bridgehead atoms. The lowest BCUT2D eigenvalue weighted by molar-refractivity contribution is 0.0897. The van der Waals surface area contributed by atoms with E-state index >= 15 is 0 Å². The average molecular weight is 218 g/mol. The molecular weight excluding hydrogens is 206 g/mol.